The van der Waals surface area contributed by atoms with Gasteiger partial charge in [-0.1, -0.05) is 6.07 Å². The molecule has 0 saturated carbocycles. The largest absolute Gasteiger partial charge is 0.266 e. The van der Waals surface area contributed by atoms with Gasteiger partial charge in [0.05, 0.1) is 23.6 Å². The van der Waals surface area contributed by atoms with Gasteiger partial charge in [0.2, 0.25) is 0 Å². The van der Waals surface area contributed by atoms with Crippen molar-refractivity contribution < 1.29 is 0 Å². The normalized spacial score (nSPS) is 11.1. The van der Waals surface area contributed by atoms with Crippen molar-refractivity contribution in [3.63, 3.8) is 0 Å². The molecule has 3 heterocycles. The van der Waals surface area contributed by atoms with Gasteiger partial charge in [0, 0.05) is 23.7 Å². The van der Waals surface area contributed by atoms with E-state index >= 15 is 0 Å². The van der Waals surface area contributed by atoms with Gasteiger partial charge in [0.1, 0.15) is 0 Å². The maximum atomic E-state index is 4.23. The number of rotatable bonds is 2. The Morgan fingerprint density at radius 3 is 3.12 bits per heavy atom. The van der Waals surface area contributed by atoms with Crippen molar-refractivity contribution in [1.82, 2.24) is 20.0 Å². The third kappa shape index (κ3) is 1.49. The van der Waals surface area contributed by atoms with Crippen LogP contribution in [0.15, 0.2) is 29.9 Å². The van der Waals surface area contributed by atoms with Gasteiger partial charge in [-0.15, -0.1) is 11.3 Å². The van der Waals surface area contributed by atoms with Crippen molar-refractivity contribution in [1.29, 1.82) is 0 Å². The fourth-order valence-corrected chi connectivity index (χ4v) is 2.52. The van der Waals surface area contributed by atoms with Crippen molar-refractivity contribution in [2.45, 2.75) is 6.42 Å². The molecule has 0 bridgehead atoms. The first-order chi connectivity index (χ1) is 7.84. The molecule has 0 aliphatic carbocycles. The Morgan fingerprint density at radius 1 is 1.38 bits per heavy atom. The van der Waals surface area contributed by atoms with Gasteiger partial charge >= 0.3 is 0 Å². The lowest BCUT2D eigenvalue weighted by molar-refractivity contribution is 0.786. The van der Waals surface area contributed by atoms with E-state index in [1.54, 1.807) is 17.5 Å². The molecule has 0 radical (unpaired) electrons. The first-order valence-corrected chi connectivity index (χ1v) is 5.87. The maximum Gasteiger partial charge on any atom is 0.0941 e. The molecule has 0 saturated heterocycles. The number of hydrogen-bond acceptors (Lipinski definition) is 4. The lowest BCUT2D eigenvalue weighted by Crippen LogP contribution is -1.99. The number of thiophene rings is 1. The average molecular weight is 230 g/mol. The van der Waals surface area contributed by atoms with Gasteiger partial charge in [-0.25, -0.2) is 0 Å². The number of aromatic nitrogens is 4. The van der Waals surface area contributed by atoms with E-state index in [-0.39, 0.29) is 0 Å². The van der Waals surface area contributed by atoms with Crippen molar-refractivity contribution >= 4 is 22.2 Å². The Hall–Kier alpha value is -1.75. The average Bonchev–Trinajstić information content (AvgIpc) is 2.90. The SMILES string of the molecule is Cn1ncc2cnnc(Cc3cccs3)c21. The molecule has 80 valence electrons. The smallest absolute Gasteiger partial charge is 0.0941 e. The third-order valence-corrected chi connectivity index (χ3v) is 3.41. The summed E-state index contributed by atoms with van der Waals surface area (Å²) in [5, 5.41) is 15.6. The van der Waals surface area contributed by atoms with Crippen LogP contribution in [-0.2, 0) is 13.5 Å². The molecular weight excluding hydrogens is 220 g/mol. The van der Waals surface area contributed by atoms with E-state index in [0.717, 1.165) is 23.0 Å². The first kappa shape index (κ1) is 9.47. The Balaban J connectivity index is 2.12. The van der Waals surface area contributed by atoms with Crippen LogP contribution in [0, 0.1) is 0 Å². The van der Waals surface area contributed by atoms with E-state index in [2.05, 4.69) is 32.8 Å². The highest BCUT2D eigenvalue weighted by Crippen LogP contribution is 2.19. The summed E-state index contributed by atoms with van der Waals surface area (Å²) < 4.78 is 1.85. The summed E-state index contributed by atoms with van der Waals surface area (Å²) in [6, 6.07) is 4.17. The molecule has 0 aromatic carbocycles. The standard InChI is InChI=1S/C11H10N4S/c1-15-11-8(7-13-15)6-12-14-10(11)5-9-3-2-4-16-9/h2-4,6-7H,5H2,1H3. The Labute approximate surface area is 96.6 Å². The van der Waals surface area contributed by atoms with E-state index in [1.807, 2.05) is 17.9 Å². The second-order valence-electron chi connectivity index (χ2n) is 3.62. The molecular formula is C11H10N4S. The molecule has 0 spiro atoms. The number of aryl methyl sites for hydroxylation is 1. The molecule has 0 aliphatic heterocycles. The van der Waals surface area contributed by atoms with Crippen LogP contribution in [-0.4, -0.2) is 20.0 Å². The summed E-state index contributed by atoms with van der Waals surface area (Å²) >= 11 is 1.74. The third-order valence-electron chi connectivity index (χ3n) is 2.54. The molecule has 16 heavy (non-hydrogen) atoms. The van der Waals surface area contributed by atoms with Crippen LogP contribution in [0.3, 0.4) is 0 Å². The van der Waals surface area contributed by atoms with Gasteiger partial charge in [0.25, 0.3) is 0 Å². The van der Waals surface area contributed by atoms with Crippen LogP contribution in [0.1, 0.15) is 10.6 Å². The maximum absolute atomic E-state index is 4.23. The quantitative estimate of drug-likeness (QED) is 0.676. The fourth-order valence-electron chi connectivity index (χ4n) is 1.81. The molecule has 4 nitrogen and oxygen atoms in total. The molecule has 3 rings (SSSR count). The van der Waals surface area contributed by atoms with Crippen LogP contribution in [0.25, 0.3) is 10.9 Å². The summed E-state index contributed by atoms with van der Waals surface area (Å²) in [6.07, 6.45) is 4.39. The molecule has 0 aliphatic rings. The highest BCUT2D eigenvalue weighted by Gasteiger charge is 2.09. The van der Waals surface area contributed by atoms with Gasteiger partial charge in [0.15, 0.2) is 0 Å². The molecule has 0 amide bonds. The van der Waals surface area contributed by atoms with Crippen LogP contribution >= 0.6 is 11.3 Å². The lowest BCUT2D eigenvalue weighted by atomic mass is 10.2. The predicted molar refractivity (Wildman–Crippen MR) is 63.4 cm³/mol. The molecule has 3 aromatic heterocycles. The molecule has 0 fully saturated rings. The molecule has 0 atom stereocenters. The number of fused-ring (bicyclic) bond motifs is 1. The van der Waals surface area contributed by atoms with Gasteiger partial charge in [-0.05, 0) is 11.4 Å². The minimum atomic E-state index is 0.821. The Kier molecular flexibility index (Phi) is 2.18. The second-order valence-corrected chi connectivity index (χ2v) is 4.65. The zero-order valence-electron chi connectivity index (χ0n) is 8.79. The van der Waals surface area contributed by atoms with Gasteiger partial charge < -0.3 is 0 Å². The van der Waals surface area contributed by atoms with Crippen molar-refractivity contribution in [3.05, 3.63) is 40.5 Å². The summed E-state index contributed by atoms with van der Waals surface area (Å²) in [5.74, 6) is 0. The zero-order chi connectivity index (χ0) is 11.0. The van der Waals surface area contributed by atoms with Gasteiger partial charge in [-0.3, -0.25) is 4.68 Å². The van der Waals surface area contributed by atoms with Crippen LogP contribution in [0.4, 0.5) is 0 Å². The monoisotopic (exact) mass is 230 g/mol. The van der Waals surface area contributed by atoms with Crippen LogP contribution in [0.2, 0.25) is 0 Å². The molecule has 3 aromatic rings. The first-order valence-electron chi connectivity index (χ1n) is 4.99. The van der Waals surface area contributed by atoms with Crippen LogP contribution < -0.4 is 0 Å². The Morgan fingerprint density at radius 2 is 2.31 bits per heavy atom. The van der Waals surface area contributed by atoms with E-state index in [9.17, 15) is 0 Å². The predicted octanol–water partition coefficient (Wildman–Crippen LogP) is 2.02. The summed E-state index contributed by atoms with van der Waals surface area (Å²) in [7, 11) is 1.93. The molecule has 5 heteroatoms. The highest BCUT2D eigenvalue weighted by atomic mass is 32.1. The minimum Gasteiger partial charge on any atom is -0.266 e. The molecule has 0 unspecified atom stereocenters. The van der Waals surface area contributed by atoms with Crippen molar-refractivity contribution in [2.24, 2.45) is 7.05 Å². The van der Waals surface area contributed by atoms with Crippen molar-refractivity contribution in [2.75, 3.05) is 0 Å². The van der Waals surface area contributed by atoms with E-state index < -0.39 is 0 Å². The minimum absolute atomic E-state index is 0.821. The van der Waals surface area contributed by atoms with E-state index in [1.165, 1.54) is 4.88 Å². The summed E-state index contributed by atoms with van der Waals surface area (Å²) in [6.45, 7) is 0. The van der Waals surface area contributed by atoms with Crippen LogP contribution in [0.5, 0.6) is 0 Å². The number of nitrogens with zero attached hydrogens (tertiary/aromatic N) is 4. The van der Waals surface area contributed by atoms with Crippen molar-refractivity contribution in [3.8, 4) is 0 Å². The summed E-state index contributed by atoms with van der Waals surface area (Å²) in [5.41, 5.74) is 2.06. The van der Waals surface area contributed by atoms with E-state index in [4.69, 9.17) is 0 Å². The topological polar surface area (TPSA) is 43.6 Å². The molecule has 0 N–H and O–H groups in total. The fraction of sp³-hybridized carbons (Fsp3) is 0.182. The van der Waals surface area contributed by atoms with Gasteiger partial charge in [-0.2, -0.15) is 15.3 Å². The zero-order valence-corrected chi connectivity index (χ0v) is 9.61. The Bertz CT molecular complexity index is 612. The summed E-state index contributed by atoms with van der Waals surface area (Å²) in [4.78, 5) is 1.29. The number of hydrogen-bond donors (Lipinski definition) is 0. The second kappa shape index (κ2) is 3.68. The van der Waals surface area contributed by atoms with E-state index in [0.29, 0.717) is 0 Å². The lowest BCUT2D eigenvalue weighted by Gasteiger charge is -2.01. The highest BCUT2D eigenvalue weighted by molar-refractivity contribution is 7.09.